The van der Waals surface area contributed by atoms with Crippen LogP contribution in [0, 0.1) is 0 Å². The summed E-state index contributed by atoms with van der Waals surface area (Å²) in [6.07, 6.45) is 3.32. The van der Waals surface area contributed by atoms with Crippen LogP contribution in [0.15, 0.2) is 28.9 Å². The highest BCUT2D eigenvalue weighted by Gasteiger charge is 2.06. The fraction of sp³-hybridized carbons (Fsp3) is 0.250. The van der Waals surface area contributed by atoms with Gasteiger partial charge in [0, 0.05) is 19.8 Å². The maximum atomic E-state index is 5.49. The average molecular weight is 222 g/mol. The first-order valence-corrected chi connectivity index (χ1v) is 5.15. The average Bonchev–Trinajstić information content (AvgIpc) is 2.65. The largest absolute Gasteiger partial charge is 0.325 e. The SMILES string of the molecule is Cn1cnnc1Sc1nccc(CN)n1. The predicted molar refractivity (Wildman–Crippen MR) is 55.0 cm³/mol. The molecule has 0 aliphatic rings. The minimum Gasteiger partial charge on any atom is -0.325 e. The Morgan fingerprint density at radius 3 is 3.07 bits per heavy atom. The number of nitrogens with zero attached hydrogens (tertiary/aromatic N) is 5. The molecule has 0 fully saturated rings. The maximum Gasteiger partial charge on any atom is 0.198 e. The van der Waals surface area contributed by atoms with Gasteiger partial charge < -0.3 is 10.3 Å². The van der Waals surface area contributed by atoms with Crippen molar-refractivity contribution in [2.24, 2.45) is 12.8 Å². The summed E-state index contributed by atoms with van der Waals surface area (Å²) in [5, 5.41) is 9.09. The smallest absolute Gasteiger partial charge is 0.198 e. The van der Waals surface area contributed by atoms with Crippen LogP contribution in [0.3, 0.4) is 0 Å². The molecule has 2 heterocycles. The van der Waals surface area contributed by atoms with Gasteiger partial charge in [-0.25, -0.2) is 9.97 Å². The van der Waals surface area contributed by atoms with Gasteiger partial charge in [0.1, 0.15) is 6.33 Å². The summed E-state index contributed by atoms with van der Waals surface area (Å²) in [5.74, 6) is 0. The Morgan fingerprint density at radius 2 is 2.40 bits per heavy atom. The highest BCUT2D eigenvalue weighted by atomic mass is 32.2. The molecule has 2 rings (SSSR count). The molecule has 2 aromatic rings. The summed E-state index contributed by atoms with van der Waals surface area (Å²) in [7, 11) is 1.87. The van der Waals surface area contributed by atoms with Crippen molar-refractivity contribution in [2.75, 3.05) is 0 Å². The van der Waals surface area contributed by atoms with E-state index in [-0.39, 0.29) is 0 Å². The van der Waals surface area contributed by atoms with Crippen LogP contribution >= 0.6 is 11.8 Å². The van der Waals surface area contributed by atoms with E-state index < -0.39 is 0 Å². The number of hydrogen-bond donors (Lipinski definition) is 1. The van der Waals surface area contributed by atoms with Crippen molar-refractivity contribution in [3.05, 3.63) is 24.3 Å². The van der Waals surface area contributed by atoms with Crippen LogP contribution in [0.2, 0.25) is 0 Å². The van der Waals surface area contributed by atoms with Gasteiger partial charge >= 0.3 is 0 Å². The zero-order valence-electron chi connectivity index (χ0n) is 8.16. The summed E-state index contributed by atoms with van der Waals surface area (Å²) in [6, 6.07) is 1.79. The lowest BCUT2D eigenvalue weighted by atomic mass is 10.4. The molecular weight excluding hydrogens is 212 g/mol. The Kier molecular flexibility index (Phi) is 2.93. The first-order valence-electron chi connectivity index (χ1n) is 4.33. The van der Waals surface area contributed by atoms with Crippen LogP contribution in [-0.4, -0.2) is 24.7 Å². The molecule has 0 spiro atoms. The zero-order valence-corrected chi connectivity index (χ0v) is 8.98. The Balaban J connectivity index is 2.21. The molecule has 0 bridgehead atoms. The van der Waals surface area contributed by atoms with Crippen molar-refractivity contribution in [2.45, 2.75) is 16.9 Å². The van der Waals surface area contributed by atoms with E-state index in [0.29, 0.717) is 11.7 Å². The van der Waals surface area contributed by atoms with Gasteiger partial charge in [-0.3, -0.25) is 0 Å². The van der Waals surface area contributed by atoms with E-state index in [4.69, 9.17) is 5.73 Å². The Labute approximate surface area is 90.9 Å². The number of hydrogen-bond acceptors (Lipinski definition) is 6. The van der Waals surface area contributed by atoms with Crippen LogP contribution in [-0.2, 0) is 13.6 Å². The molecule has 0 saturated carbocycles. The lowest BCUT2D eigenvalue weighted by Crippen LogP contribution is -2.01. The quantitative estimate of drug-likeness (QED) is 0.748. The molecule has 0 atom stereocenters. The normalized spacial score (nSPS) is 10.5. The topological polar surface area (TPSA) is 82.5 Å². The standard InChI is InChI=1S/C8H10N6S/c1-14-5-11-13-8(14)15-7-10-3-2-6(4-9)12-7/h2-3,5H,4,9H2,1H3. The van der Waals surface area contributed by atoms with Crippen LogP contribution < -0.4 is 5.73 Å². The number of rotatable bonds is 3. The molecule has 2 aromatic heterocycles. The van der Waals surface area contributed by atoms with E-state index in [2.05, 4.69) is 20.2 Å². The van der Waals surface area contributed by atoms with Crippen molar-refractivity contribution in [3.8, 4) is 0 Å². The van der Waals surface area contributed by atoms with Gasteiger partial charge in [0.25, 0.3) is 0 Å². The minimum absolute atomic E-state index is 0.412. The third-order valence-electron chi connectivity index (χ3n) is 1.75. The molecule has 78 valence electrons. The van der Waals surface area contributed by atoms with Crippen molar-refractivity contribution >= 4 is 11.8 Å². The summed E-state index contributed by atoms with van der Waals surface area (Å²) in [6.45, 7) is 0.412. The fourth-order valence-electron chi connectivity index (χ4n) is 0.986. The lowest BCUT2D eigenvalue weighted by molar-refractivity contribution is 0.781. The van der Waals surface area contributed by atoms with Crippen LogP contribution in [0.25, 0.3) is 0 Å². The Hall–Kier alpha value is -1.47. The van der Waals surface area contributed by atoms with Gasteiger partial charge in [-0.1, -0.05) is 0 Å². The van der Waals surface area contributed by atoms with Crippen molar-refractivity contribution in [1.82, 2.24) is 24.7 Å². The summed E-state index contributed by atoms with van der Waals surface area (Å²) >= 11 is 1.36. The van der Waals surface area contributed by atoms with Crippen LogP contribution in [0.5, 0.6) is 0 Å². The second-order valence-electron chi connectivity index (χ2n) is 2.86. The number of aryl methyl sites for hydroxylation is 1. The van der Waals surface area contributed by atoms with Crippen LogP contribution in [0.4, 0.5) is 0 Å². The molecule has 0 aromatic carbocycles. The Morgan fingerprint density at radius 1 is 1.53 bits per heavy atom. The van der Waals surface area contributed by atoms with E-state index in [9.17, 15) is 0 Å². The first-order chi connectivity index (χ1) is 7.29. The van der Waals surface area contributed by atoms with E-state index in [1.54, 1.807) is 18.6 Å². The molecule has 6 nitrogen and oxygen atoms in total. The molecule has 0 amide bonds. The zero-order chi connectivity index (χ0) is 10.7. The molecular formula is C8H10N6S. The van der Waals surface area contributed by atoms with Gasteiger partial charge in [-0.05, 0) is 17.8 Å². The first kappa shape index (κ1) is 10.1. The van der Waals surface area contributed by atoms with E-state index >= 15 is 0 Å². The van der Waals surface area contributed by atoms with Gasteiger partial charge in [0.2, 0.25) is 0 Å². The summed E-state index contributed by atoms with van der Waals surface area (Å²) in [5.41, 5.74) is 6.30. The van der Waals surface area contributed by atoms with Crippen molar-refractivity contribution < 1.29 is 0 Å². The maximum absolute atomic E-state index is 5.49. The lowest BCUT2D eigenvalue weighted by Gasteiger charge is -2.00. The van der Waals surface area contributed by atoms with Gasteiger partial charge in [0.05, 0.1) is 5.69 Å². The molecule has 0 saturated heterocycles. The Bertz CT molecular complexity index is 454. The van der Waals surface area contributed by atoms with Crippen molar-refractivity contribution in [1.29, 1.82) is 0 Å². The molecule has 7 heteroatoms. The monoisotopic (exact) mass is 222 g/mol. The third-order valence-corrected chi connectivity index (χ3v) is 2.68. The van der Waals surface area contributed by atoms with Gasteiger partial charge in [-0.2, -0.15) is 0 Å². The summed E-state index contributed by atoms with van der Waals surface area (Å²) in [4.78, 5) is 8.37. The van der Waals surface area contributed by atoms with E-state index in [1.165, 1.54) is 11.8 Å². The van der Waals surface area contributed by atoms with Crippen LogP contribution in [0.1, 0.15) is 5.69 Å². The van der Waals surface area contributed by atoms with Gasteiger partial charge in [-0.15, -0.1) is 10.2 Å². The molecule has 2 N–H and O–H groups in total. The third kappa shape index (κ3) is 2.31. The second-order valence-corrected chi connectivity index (χ2v) is 3.80. The fourth-order valence-corrected chi connectivity index (χ4v) is 1.70. The molecule has 15 heavy (non-hydrogen) atoms. The predicted octanol–water partition coefficient (Wildman–Crippen LogP) is 0.215. The number of nitrogens with two attached hydrogens (primary N) is 1. The van der Waals surface area contributed by atoms with Crippen molar-refractivity contribution in [3.63, 3.8) is 0 Å². The second kappa shape index (κ2) is 4.37. The molecule has 0 aliphatic heterocycles. The molecule has 0 radical (unpaired) electrons. The van der Waals surface area contributed by atoms with Gasteiger partial charge in [0.15, 0.2) is 10.3 Å². The highest BCUT2D eigenvalue weighted by Crippen LogP contribution is 2.20. The number of aromatic nitrogens is 5. The van der Waals surface area contributed by atoms with E-state index in [0.717, 1.165) is 10.9 Å². The minimum atomic E-state index is 0.412. The summed E-state index contributed by atoms with van der Waals surface area (Å²) < 4.78 is 1.81. The highest BCUT2D eigenvalue weighted by molar-refractivity contribution is 7.99. The molecule has 0 aliphatic carbocycles. The molecule has 0 unspecified atom stereocenters. The van der Waals surface area contributed by atoms with E-state index in [1.807, 2.05) is 11.6 Å².